The fraction of sp³-hybridized carbons (Fsp3) is 0.286. The van der Waals surface area contributed by atoms with Crippen molar-refractivity contribution >= 4 is 28.5 Å². The van der Waals surface area contributed by atoms with Crippen molar-refractivity contribution in [3.8, 4) is 0 Å². The van der Waals surface area contributed by atoms with Gasteiger partial charge in [0.15, 0.2) is 0 Å². The molecule has 8 heteroatoms. The third-order valence-corrected chi connectivity index (χ3v) is 6.10. The first-order chi connectivity index (χ1) is 17.4. The van der Waals surface area contributed by atoms with Gasteiger partial charge in [0.05, 0.1) is 12.1 Å². The summed E-state index contributed by atoms with van der Waals surface area (Å²) in [4.78, 5) is 29.3. The van der Waals surface area contributed by atoms with Crippen LogP contribution < -0.4 is 10.2 Å². The lowest BCUT2D eigenvalue weighted by Gasteiger charge is -2.33. The lowest BCUT2D eigenvalue weighted by atomic mass is 10.00. The summed E-state index contributed by atoms with van der Waals surface area (Å²) in [7, 11) is 1.58. The minimum Gasteiger partial charge on any atom is -0.383 e. The SMILES string of the molecule is COCCNC(=O)C(c1ccc(C)cc1)N(C(=O)Cn1nnc2ccccc21)c1cc(C)ccc1C. The summed E-state index contributed by atoms with van der Waals surface area (Å²) in [5, 5.41) is 11.3. The predicted octanol–water partition coefficient (Wildman–Crippen LogP) is 3.89. The maximum atomic E-state index is 14.1. The van der Waals surface area contributed by atoms with Gasteiger partial charge in [-0.15, -0.1) is 5.10 Å². The van der Waals surface area contributed by atoms with Crippen molar-refractivity contribution in [2.75, 3.05) is 25.2 Å². The average Bonchev–Trinajstić information content (AvgIpc) is 3.27. The Labute approximate surface area is 210 Å². The van der Waals surface area contributed by atoms with Crippen LogP contribution in [0, 0.1) is 20.8 Å². The summed E-state index contributed by atoms with van der Waals surface area (Å²) in [6.45, 7) is 6.53. The minimum atomic E-state index is -0.884. The second kappa shape index (κ2) is 11.1. The van der Waals surface area contributed by atoms with Crippen molar-refractivity contribution in [2.24, 2.45) is 0 Å². The Balaban J connectivity index is 1.81. The fourth-order valence-electron chi connectivity index (χ4n) is 4.17. The smallest absolute Gasteiger partial charge is 0.249 e. The molecule has 0 bridgehead atoms. The number of fused-ring (bicyclic) bond motifs is 1. The lowest BCUT2D eigenvalue weighted by molar-refractivity contribution is -0.127. The number of hydrogen-bond acceptors (Lipinski definition) is 5. The molecule has 1 aromatic heterocycles. The number of para-hydroxylation sites is 1. The van der Waals surface area contributed by atoms with Gasteiger partial charge in [0.2, 0.25) is 11.8 Å². The van der Waals surface area contributed by atoms with E-state index >= 15 is 0 Å². The molecule has 0 fully saturated rings. The molecule has 0 saturated heterocycles. The van der Waals surface area contributed by atoms with Crippen LogP contribution in [0.1, 0.15) is 28.3 Å². The van der Waals surface area contributed by atoms with Crippen molar-refractivity contribution in [3.63, 3.8) is 0 Å². The summed E-state index contributed by atoms with van der Waals surface area (Å²) in [6.07, 6.45) is 0. The van der Waals surface area contributed by atoms with Gasteiger partial charge in [0, 0.05) is 19.3 Å². The maximum absolute atomic E-state index is 14.1. The Morgan fingerprint density at radius 2 is 1.72 bits per heavy atom. The van der Waals surface area contributed by atoms with Gasteiger partial charge < -0.3 is 10.1 Å². The summed E-state index contributed by atoms with van der Waals surface area (Å²) in [5.41, 5.74) is 5.79. The molecule has 0 aliphatic heterocycles. The molecule has 0 aliphatic rings. The van der Waals surface area contributed by atoms with Gasteiger partial charge in [0.25, 0.3) is 0 Å². The predicted molar refractivity (Wildman–Crippen MR) is 140 cm³/mol. The van der Waals surface area contributed by atoms with Crippen LogP contribution in [0.2, 0.25) is 0 Å². The van der Waals surface area contributed by atoms with Crippen molar-refractivity contribution in [1.82, 2.24) is 20.3 Å². The molecule has 8 nitrogen and oxygen atoms in total. The Bertz CT molecular complexity index is 1360. The molecule has 186 valence electrons. The number of rotatable bonds is 9. The number of methoxy groups -OCH3 is 1. The van der Waals surface area contributed by atoms with Gasteiger partial charge in [-0.2, -0.15) is 0 Å². The number of amides is 2. The molecule has 2 amide bonds. The maximum Gasteiger partial charge on any atom is 0.249 e. The van der Waals surface area contributed by atoms with Crippen molar-refractivity contribution in [2.45, 2.75) is 33.4 Å². The highest BCUT2D eigenvalue weighted by atomic mass is 16.5. The molecule has 1 atom stereocenters. The summed E-state index contributed by atoms with van der Waals surface area (Å²) < 4.78 is 6.69. The molecular formula is C28H31N5O3. The molecule has 0 saturated carbocycles. The number of ether oxygens (including phenoxy) is 1. The largest absolute Gasteiger partial charge is 0.383 e. The number of nitrogens with zero attached hydrogens (tertiary/aromatic N) is 4. The lowest BCUT2D eigenvalue weighted by Crippen LogP contribution is -2.46. The first-order valence-electron chi connectivity index (χ1n) is 11.9. The van der Waals surface area contributed by atoms with Gasteiger partial charge >= 0.3 is 0 Å². The molecule has 36 heavy (non-hydrogen) atoms. The van der Waals surface area contributed by atoms with Gasteiger partial charge in [-0.1, -0.05) is 59.3 Å². The first-order valence-corrected chi connectivity index (χ1v) is 11.9. The number of hydrogen-bond donors (Lipinski definition) is 1. The van der Waals surface area contributed by atoms with E-state index in [0.717, 1.165) is 22.2 Å². The van der Waals surface area contributed by atoms with Crippen LogP contribution in [0.15, 0.2) is 66.7 Å². The molecule has 1 heterocycles. The molecule has 1 N–H and O–H groups in total. The van der Waals surface area contributed by atoms with E-state index in [9.17, 15) is 9.59 Å². The highest BCUT2D eigenvalue weighted by molar-refractivity contribution is 6.02. The Hall–Kier alpha value is -4.04. The Kier molecular flexibility index (Phi) is 7.75. The van der Waals surface area contributed by atoms with Crippen molar-refractivity contribution in [1.29, 1.82) is 0 Å². The number of aromatic nitrogens is 3. The number of aryl methyl sites for hydroxylation is 3. The Morgan fingerprint density at radius 3 is 2.47 bits per heavy atom. The molecule has 0 radical (unpaired) electrons. The van der Waals surface area contributed by atoms with Gasteiger partial charge in [0.1, 0.15) is 18.1 Å². The van der Waals surface area contributed by atoms with Gasteiger partial charge in [-0.25, -0.2) is 4.68 Å². The van der Waals surface area contributed by atoms with E-state index in [2.05, 4.69) is 15.6 Å². The molecule has 4 aromatic rings. The van der Waals surface area contributed by atoms with Crippen LogP contribution in [0.25, 0.3) is 11.0 Å². The quantitative estimate of drug-likeness (QED) is 0.363. The second-order valence-corrected chi connectivity index (χ2v) is 8.89. The van der Waals surface area contributed by atoms with Crippen LogP contribution in [0.5, 0.6) is 0 Å². The number of carbonyl (C=O) groups excluding carboxylic acids is 2. The number of carbonyl (C=O) groups is 2. The number of anilines is 1. The second-order valence-electron chi connectivity index (χ2n) is 8.89. The normalized spacial score (nSPS) is 11.9. The highest BCUT2D eigenvalue weighted by Gasteiger charge is 2.34. The van der Waals surface area contributed by atoms with E-state index < -0.39 is 6.04 Å². The highest BCUT2D eigenvalue weighted by Crippen LogP contribution is 2.32. The fourth-order valence-corrected chi connectivity index (χ4v) is 4.17. The zero-order chi connectivity index (χ0) is 25.7. The zero-order valence-electron chi connectivity index (χ0n) is 21.1. The molecular weight excluding hydrogens is 454 g/mol. The van der Waals surface area contributed by atoms with Gasteiger partial charge in [-0.3, -0.25) is 14.5 Å². The molecule has 4 rings (SSSR count). The Morgan fingerprint density at radius 1 is 1.00 bits per heavy atom. The average molecular weight is 486 g/mol. The summed E-state index contributed by atoms with van der Waals surface area (Å²) in [5.74, 6) is -0.555. The van der Waals surface area contributed by atoms with E-state index in [1.807, 2.05) is 87.5 Å². The number of nitrogens with one attached hydrogen (secondary N) is 1. The van der Waals surface area contributed by atoms with Crippen LogP contribution >= 0.6 is 0 Å². The van der Waals surface area contributed by atoms with Crippen LogP contribution in [0.3, 0.4) is 0 Å². The van der Waals surface area contributed by atoms with E-state index in [-0.39, 0.29) is 18.4 Å². The van der Waals surface area contributed by atoms with Crippen LogP contribution in [-0.2, 0) is 20.9 Å². The van der Waals surface area contributed by atoms with Crippen LogP contribution in [-0.4, -0.2) is 47.1 Å². The molecule has 1 unspecified atom stereocenters. The molecule has 0 aliphatic carbocycles. The van der Waals surface area contributed by atoms with Crippen molar-refractivity contribution < 1.29 is 14.3 Å². The first kappa shape index (κ1) is 25.1. The third kappa shape index (κ3) is 5.44. The topological polar surface area (TPSA) is 89.4 Å². The zero-order valence-corrected chi connectivity index (χ0v) is 21.1. The van der Waals surface area contributed by atoms with Gasteiger partial charge in [-0.05, 0) is 55.7 Å². The minimum absolute atomic E-state index is 0.0678. The van der Waals surface area contributed by atoms with Crippen LogP contribution in [0.4, 0.5) is 5.69 Å². The van der Waals surface area contributed by atoms with E-state index in [1.165, 1.54) is 0 Å². The third-order valence-electron chi connectivity index (χ3n) is 6.10. The van der Waals surface area contributed by atoms with E-state index in [4.69, 9.17) is 4.74 Å². The standard InChI is InChI=1S/C28H31N5O3/c1-19-10-13-22(14-11-19)27(28(35)29-15-16-36-4)33(25-17-20(2)9-12-21(25)3)26(34)18-32-24-8-6-5-7-23(24)30-31-32/h5-14,17,27H,15-16,18H2,1-4H3,(H,29,35). The van der Waals surface area contributed by atoms with E-state index in [0.29, 0.717) is 29.9 Å². The monoisotopic (exact) mass is 485 g/mol. The van der Waals surface area contributed by atoms with E-state index in [1.54, 1.807) is 16.7 Å². The summed E-state index contributed by atoms with van der Waals surface area (Å²) in [6, 6.07) is 20.2. The summed E-state index contributed by atoms with van der Waals surface area (Å²) >= 11 is 0. The van der Waals surface area contributed by atoms with Crippen molar-refractivity contribution in [3.05, 3.63) is 89.0 Å². The molecule has 3 aromatic carbocycles. The number of benzene rings is 3. The molecule has 0 spiro atoms.